The van der Waals surface area contributed by atoms with Gasteiger partial charge in [-0.2, -0.15) is 0 Å². The van der Waals surface area contributed by atoms with Crippen LogP contribution in [0.1, 0.15) is 0 Å². The summed E-state index contributed by atoms with van der Waals surface area (Å²) in [5, 5.41) is 0. The fourth-order valence-electron chi connectivity index (χ4n) is 0.453. The van der Waals surface area contributed by atoms with Crippen LogP contribution < -0.4 is 5.73 Å². The van der Waals surface area contributed by atoms with Crippen molar-refractivity contribution < 1.29 is 18.3 Å². The first-order chi connectivity index (χ1) is 4.63. The van der Waals surface area contributed by atoms with E-state index in [2.05, 4.69) is 4.74 Å². The first kappa shape index (κ1) is 13.2. The lowest BCUT2D eigenvalue weighted by atomic mass is 10.1. The number of halogens is 3. The van der Waals surface area contributed by atoms with Crippen LogP contribution in [0.25, 0.3) is 0 Å². The van der Waals surface area contributed by atoms with Crippen molar-refractivity contribution in [3.63, 3.8) is 0 Å². The number of carbonyl (C=O) groups excluding carboxylic acids is 1. The first-order valence-corrected chi connectivity index (χ1v) is 2.69. The molecule has 0 fully saturated rings. The van der Waals surface area contributed by atoms with Crippen LogP contribution in [0.3, 0.4) is 0 Å². The zero-order valence-electron chi connectivity index (χ0n) is 5.92. The minimum Gasteiger partial charge on any atom is -0.469 e. The molecule has 6 heteroatoms. The number of rotatable bonds is 3. The average Bonchev–Trinajstić information content (AvgIpc) is 1.88. The van der Waals surface area contributed by atoms with Gasteiger partial charge in [0, 0.05) is 6.54 Å². The Balaban J connectivity index is 0. The molecule has 0 spiro atoms. The van der Waals surface area contributed by atoms with Crippen molar-refractivity contribution in [1.29, 1.82) is 0 Å². The van der Waals surface area contributed by atoms with Gasteiger partial charge in [0.1, 0.15) is 5.92 Å². The van der Waals surface area contributed by atoms with Gasteiger partial charge < -0.3 is 10.5 Å². The molecule has 0 heterocycles. The van der Waals surface area contributed by atoms with Crippen LogP contribution >= 0.6 is 12.4 Å². The Morgan fingerprint density at radius 3 is 2.18 bits per heavy atom. The number of esters is 1. The van der Waals surface area contributed by atoms with E-state index in [0.29, 0.717) is 0 Å². The second-order valence-corrected chi connectivity index (χ2v) is 1.70. The number of hydrogen-bond acceptors (Lipinski definition) is 3. The Bertz CT molecular complexity index is 123. The molecule has 1 unspecified atom stereocenters. The van der Waals surface area contributed by atoms with Gasteiger partial charge in [0.05, 0.1) is 7.11 Å². The molecule has 0 bridgehead atoms. The van der Waals surface area contributed by atoms with Crippen molar-refractivity contribution >= 4 is 18.4 Å². The topological polar surface area (TPSA) is 52.3 Å². The minimum absolute atomic E-state index is 0. The van der Waals surface area contributed by atoms with Gasteiger partial charge in [0.15, 0.2) is 0 Å². The summed E-state index contributed by atoms with van der Waals surface area (Å²) >= 11 is 0. The Morgan fingerprint density at radius 1 is 1.64 bits per heavy atom. The maximum Gasteiger partial charge on any atom is 0.315 e. The first-order valence-electron chi connectivity index (χ1n) is 2.69. The normalized spacial score (nSPS) is 12.1. The number of methoxy groups -OCH3 is 1. The highest BCUT2D eigenvalue weighted by Gasteiger charge is 2.27. The molecule has 0 saturated carbocycles. The zero-order chi connectivity index (χ0) is 8.15. The van der Waals surface area contributed by atoms with E-state index in [1.54, 1.807) is 0 Å². The van der Waals surface area contributed by atoms with E-state index in [0.717, 1.165) is 7.11 Å². The molecule has 2 N–H and O–H groups in total. The third kappa shape index (κ3) is 4.10. The van der Waals surface area contributed by atoms with E-state index in [1.807, 2.05) is 0 Å². The van der Waals surface area contributed by atoms with Gasteiger partial charge in [-0.1, -0.05) is 0 Å². The molecule has 0 aromatic heterocycles. The lowest BCUT2D eigenvalue weighted by molar-refractivity contribution is -0.150. The van der Waals surface area contributed by atoms with Gasteiger partial charge in [-0.05, 0) is 0 Å². The Kier molecular flexibility index (Phi) is 7.55. The summed E-state index contributed by atoms with van der Waals surface area (Å²) in [4.78, 5) is 10.4. The molecule has 0 amide bonds. The van der Waals surface area contributed by atoms with Crippen molar-refractivity contribution in [1.82, 2.24) is 0 Å². The molecule has 1 atom stereocenters. The van der Waals surface area contributed by atoms with Crippen molar-refractivity contribution in [2.45, 2.75) is 6.43 Å². The van der Waals surface area contributed by atoms with Crippen LogP contribution in [0, 0.1) is 5.92 Å². The molecule has 0 aliphatic heterocycles. The summed E-state index contributed by atoms with van der Waals surface area (Å²) in [6.07, 6.45) is -2.74. The van der Waals surface area contributed by atoms with Crippen LogP contribution in [-0.2, 0) is 9.53 Å². The fourth-order valence-corrected chi connectivity index (χ4v) is 0.453. The number of carbonyl (C=O) groups is 1. The summed E-state index contributed by atoms with van der Waals surface area (Å²) < 4.78 is 27.6. The lowest BCUT2D eigenvalue weighted by Gasteiger charge is -2.09. The van der Waals surface area contributed by atoms with E-state index in [4.69, 9.17) is 5.73 Å². The van der Waals surface area contributed by atoms with Crippen LogP contribution in [0.5, 0.6) is 0 Å². The molecule has 0 aliphatic rings. The Labute approximate surface area is 69.3 Å². The predicted molar refractivity (Wildman–Crippen MR) is 37.8 cm³/mol. The summed E-state index contributed by atoms with van der Waals surface area (Å²) in [6.45, 7) is -0.385. The number of ether oxygens (including phenoxy) is 1. The third-order valence-corrected chi connectivity index (χ3v) is 1.06. The van der Waals surface area contributed by atoms with E-state index >= 15 is 0 Å². The van der Waals surface area contributed by atoms with Gasteiger partial charge in [-0.3, -0.25) is 4.79 Å². The molecular weight excluding hydrogens is 180 g/mol. The van der Waals surface area contributed by atoms with Crippen molar-refractivity contribution in [2.75, 3.05) is 13.7 Å². The monoisotopic (exact) mass is 189 g/mol. The highest BCUT2D eigenvalue weighted by molar-refractivity contribution is 5.85. The summed E-state index contributed by atoms with van der Waals surface area (Å²) in [7, 11) is 1.05. The smallest absolute Gasteiger partial charge is 0.315 e. The minimum atomic E-state index is -2.74. The third-order valence-electron chi connectivity index (χ3n) is 1.06. The molecule has 3 nitrogen and oxygen atoms in total. The zero-order valence-corrected chi connectivity index (χ0v) is 6.74. The largest absolute Gasteiger partial charge is 0.469 e. The summed E-state index contributed by atoms with van der Waals surface area (Å²) in [6, 6.07) is 0. The number of alkyl halides is 2. The standard InChI is InChI=1S/C5H9F2NO2.ClH/c1-10-5(9)3(2-8)4(6)7;/h3-4H,2,8H2,1H3;1H. The SMILES string of the molecule is COC(=O)C(CN)C(F)F.Cl. The van der Waals surface area contributed by atoms with Gasteiger partial charge in [-0.25, -0.2) is 8.78 Å². The van der Waals surface area contributed by atoms with Gasteiger partial charge in [0.2, 0.25) is 0 Å². The highest BCUT2D eigenvalue weighted by atomic mass is 35.5. The summed E-state index contributed by atoms with van der Waals surface area (Å²) in [5.41, 5.74) is 4.87. The highest BCUT2D eigenvalue weighted by Crippen LogP contribution is 2.08. The molecule has 0 aromatic rings. The lowest BCUT2D eigenvalue weighted by Crippen LogP contribution is -2.30. The quantitative estimate of drug-likeness (QED) is 0.655. The van der Waals surface area contributed by atoms with Gasteiger partial charge in [-0.15, -0.1) is 12.4 Å². The maximum atomic E-state index is 11.8. The average molecular weight is 190 g/mol. The Hall–Kier alpha value is -0.420. The number of nitrogens with two attached hydrogens (primary N) is 1. The van der Waals surface area contributed by atoms with E-state index < -0.39 is 18.3 Å². The Morgan fingerprint density at radius 2 is 2.09 bits per heavy atom. The molecule has 0 saturated heterocycles. The van der Waals surface area contributed by atoms with Crippen LogP contribution in [0.2, 0.25) is 0 Å². The van der Waals surface area contributed by atoms with Crippen molar-refractivity contribution in [3.05, 3.63) is 0 Å². The summed E-state index contributed by atoms with van der Waals surface area (Å²) in [5.74, 6) is -2.44. The molecule has 0 rings (SSSR count). The van der Waals surface area contributed by atoms with Crippen LogP contribution in [0.4, 0.5) is 8.78 Å². The molecule has 0 radical (unpaired) electrons. The number of hydrogen-bond donors (Lipinski definition) is 1. The van der Waals surface area contributed by atoms with Crippen molar-refractivity contribution in [3.8, 4) is 0 Å². The maximum absolute atomic E-state index is 11.8. The van der Waals surface area contributed by atoms with E-state index in [9.17, 15) is 13.6 Å². The van der Waals surface area contributed by atoms with E-state index in [1.165, 1.54) is 0 Å². The molecule has 68 valence electrons. The fraction of sp³-hybridized carbons (Fsp3) is 0.800. The molecule has 0 aromatic carbocycles. The van der Waals surface area contributed by atoms with Crippen molar-refractivity contribution in [2.24, 2.45) is 11.7 Å². The van der Waals surface area contributed by atoms with Crippen LogP contribution in [0.15, 0.2) is 0 Å². The van der Waals surface area contributed by atoms with E-state index in [-0.39, 0.29) is 19.0 Å². The second-order valence-electron chi connectivity index (χ2n) is 1.70. The van der Waals surface area contributed by atoms with Gasteiger partial charge >= 0.3 is 5.97 Å². The molecular formula is C5H10ClF2NO2. The predicted octanol–water partition coefficient (Wildman–Crippen LogP) is 0.421. The molecule has 11 heavy (non-hydrogen) atoms. The molecule has 0 aliphatic carbocycles. The van der Waals surface area contributed by atoms with Crippen LogP contribution in [-0.4, -0.2) is 26.0 Å². The van der Waals surface area contributed by atoms with Gasteiger partial charge in [0.25, 0.3) is 6.43 Å². The second kappa shape index (κ2) is 6.30.